The maximum Gasteiger partial charge on any atom is 0.249 e. The van der Waals surface area contributed by atoms with Gasteiger partial charge in [-0.2, -0.15) is 0 Å². The molecular formula is C12H13N3O. The summed E-state index contributed by atoms with van der Waals surface area (Å²) in [5, 5.41) is 10.0. The van der Waals surface area contributed by atoms with Crippen LogP contribution in [0.25, 0.3) is 22.2 Å². The predicted octanol–water partition coefficient (Wildman–Crippen LogP) is 2.66. The van der Waals surface area contributed by atoms with Crippen LogP contribution in [0.2, 0.25) is 0 Å². The number of benzene rings is 1. The standard InChI is InChI=1S/C12H13N3O/c1-3-15(4-2)8-5-6-9-10(7-8)12-14-13-11(9)16-12/h5-7H,3-4H2,1-2H3. The van der Waals surface area contributed by atoms with Crippen LogP contribution in [0, 0.1) is 0 Å². The molecule has 2 bridgehead atoms. The van der Waals surface area contributed by atoms with E-state index in [9.17, 15) is 0 Å². The van der Waals surface area contributed by atoms with Crippen molar-refractivity contribution in [3.05, 3.63) is 18.2 Å². The molecule has 3 aromatic rings. The fourth-order valence-electron chi connectivity index (χ4n) is 2.12. The first kappa shape index (κ1) is 9.39. The quantitative estimate of drug-likeness (QED) is 0.673. The SMILES string of the molecule is CCN(CC)c1ccc2c3nnc(o3)c2c1. The van der Waals surface area contributed by atoms with E-state index in [1.54, 1.807) is 0 Å². The maximum atomic E-state index is 5.43. The smallest absolute Gasteiger partial charge is 0.249 e. The van der Waals surface area contributed by atoms with Crippen LogP contribution < -0.4 is 4.90 Å². The van der Waals surface area contributed by atoms with Crippen LogP contribution >= 0.6 is 0 Å². The van der Waals surface area contributed by atoms with Crippen LogP contribution in [-0.2, 0) is 0 Å². The summed E-state index contributed by atoms with van der Waals surface area (Å²) in [6.07, 6.45) is 0. The Balaban J connectivity index is 2.18. The molecule has 2 heterocycles. The molecule has 0 spiro atoms. The average molecular weight is 215 g/mol. The van der Waals surface area contributed by atoms with Gasteiger partial charge in [-0.05, 0) is 32.0 Å². The molecule has 0 amide bonds. The lowest BCUT2D eigenvalue weighted by molar-refractivity contribution is 0.669. The molecule has 1 aromatic carbocycles. The number of anilines is 1. The van der Waals surface area contributed by atoms with Crippen molar-refractivity contribution < 1.29 is 4.42 Å². The highest BCUT2D eigenvalue weighted by molar-refractivity contribution is 6.04. The summed E-state index contributed by atoms with van der Waals surface area (Å²) in [6, 6.07) is 6.30. The molecular weight excluding hydrogens is 202 g/mol. The first-order valence-corrected chi connectivity index (χ1v) is 5.56. The maximum absolute atomic E-state index is 5.43. The minimum Gasteiger partial charge on any atom is -0.416 e. The van der Waals surface area contributed by atoms with Crippen molar-refractivity contribution in [1.82, 2.24) is 10.2 Å². The third-order valence-electron chi connectivity index (χ3n) is 3.02. The highest BCUT2D eigenvalue weighted by Crippen LogP contribution is 2.30. The molecule has 2 aromatic heterocycles. The Morgan fingerprint density at radius 2 is 1.75 bits per heavy atom. The van der Waals surface area contributed by atoms with Gasteiger partial charge in [-0.25, -0.2) is 0 Å². The molecule has 0 unspecified atom stereocenters. The number of hydrogen-bond acceptors (Lipinski definition) is 4. The van der Waals surface area contributed by atoms with Crippen LogP contribution in [0.3, 0.4) is 0 Å². The van der Waals surface area contributed by atoms with Gasteiger partial charge in [0.25, 0.3) is 0 Å². The van der Waals surface area contributed by atoms with Gasteiger partial charge in [0, 0.05) is 18.8 Å². The molecule has 0 aliphatic carbocycles. The van der Waals surface area contributed by atoms with E-state index >= 15 is 0 Å². The number of hydrogen-bond donors (Lipinski definition) is 0. The van der Waals surface area contributed by atoms with Gasteiger partial charge in [0.05, 0.1) is 10.8 Å². The molecule has 4 heteroatoms. The van der Waals surface area contributed by atoms with Crippen LogP contribution in [0.4, 0.5) is 5.69 Å². The lowest BCUT2D eigenvalue weighted by atomic mass is 10.1. The lowest BCUT2D eigenvalue weighted by Gasteiger charge is -2.20. The summed E-state index contributed by atoms with van der Waals surface area (Å²) < 4.78 is 5.43. The van der Waals surface area contributed by atoms with E-state index in [2.05, 4.69) is 47.1 Å². The van der Waals surface area contributed by atoms with Crippen LogP contribution in [0.1, 0.15) is 13.8 Å². The van der Waals surface area contributed by atoms with E-state index in [0.717, 1.165) is 23.9 Å². The van der Waals surface area contributed by atoms with Crippen molar-refractivity contribution in [2.24, 2.45) is 0 Å². The summed E-state index contributed by atoms with van der Waals surface area (Å²) in [4.78, 5) is 2.30. The lowest BCUT2D eigenvalue weighted by Crippen LogP contribution is -2.21. The zero-order valence-electron chi connectivity index (χ0n) is 9.40. The second-order valence-electron chi connectivity index (χ2n) is 3.81. The van der Waals surface area contributed by atoms with E-state index < -0.39 is 0 Å². The second kappa shape index (κ2) is 3.33. The molecule has 82 valence electrons. The summed E-state index contributed by atoms with van der Waals surface area (Å²) >= 11 is 0. The van der Waals surface area contributed by atoms with Crippen LogP contribution in [0.15, 0.2) is 22.6 Å². The van der Waals surface area contributed by atoms with Gasteiger partial charge in [-0.3, -0.25) is 0 Å². The van der Waals surface area contributed by atoms with Crippen molar-refractivity contribution in [1.29, 1.82) is 0 Å². The van der Waals surface area contributed by atoms with Gasteiger partial charge < -0.3 is 9.32 Å². The van der Waals surface area contributed by atoms with E-state index in [1.807, 2.05) is 0 Å². The molecule has 0 aliphatic heterocycles. The Labute approximate surface area is 93.2 Å². The van der Waals surface area contributed by atoms with Gasteiger partial charge in [0.15, 0.2) is 0 Å². The third kappa shape index (κ3) is 1.16. The second-order valence-corrected chi connectivity index (χ2v) is 3.81. The monoisotopic (exact) mass is 215 g/mol. The molecule has 4 nitrogen and oxygen atoms in total. The minimum absolute atomic E-state index is 0.635. The van der Waals surface area contributed by atoms with Crippen molar-refractivity contribution in [2.75, 3.05) is 18.0 Å². The first-order valence-electron chi connectivity index (χ1n) is 5.56. The summed E-state index contributed by atoms with van der Waals surface area (Å²) in [6.45, 7) is 6.31. The van der Waals surface area contributed by atoms with Crippen LogP contribution in [-0.4, -0.2) is 23.3 Å². The molecule has 0 saturated heterocycles. The molecule has 0 aliphatic rings. The molecule has 16 heavy (non-hydrogen) atoms. The van der Waals surface area contributed by atoms with E-state index in [4.69, 9.17) is 4.42 Å². The van der Waals surface area contributed by atoms with Gasteiger partial charge in [-0.1, -0.05) is 0 Å². The first-order chi connectivity index (χ1) is 7.83. The summed E-state index contributed by atoms with van der Waals surface area (Å²) in [7, 11) is 0. The molecule has 0 atom stereocenters. The number of furan rings is 1. The van der Waals surface area contributed by atoms with Gasteiger partial charge in [-0.15, -0.1) is 10.2 Å². The van der Waals surface area contributed by atoms with Crippen molar-refractivity contribution in [3.8, 4) is 0 Å². The Morgan fingerprint density at radius 3 is 2.44 bits per heavy atom. The Bertz CT molecular complexity index is 612. The third-order valence-corrected chi connectivity index (χ3v) is 3.02. The summed E-state index contributed by atoms with van der Waals surface area (Å²) in [5.74, 6) is 0. The zero-order valence-corrected chi connectivity index (χ0v) is 9.40. The normalized spacial score (nSPS) is 11.6. The number of rotatable bonds is 3. The van der Waals surface area contributed by atoms with Gasteiger partial charge >= 0.3 is 0 Å². The predicted molar refractivity (Wildman–Crippen MR) is 64.1 cm³/mol. The molecule has 0 saturated carbocycles. The zero-order chi connectivity index (χ0) is 11.1. The number of nitrogens with zero attached hydrogens (tertiary/aromatic N) is 3. The molecule has 0 N–H and O–H groups in total. The Kier molecular flexibility index (Phi) is 1.96. The molecule has 0 fully saturated rings. The van der Waals surface area contributed by atoms with Crippen molar-refractivity contribution >= 4 is 27.9 Å². The van der Waals surface area contributed by atoms with E-state index in [1.165, 1.54) is 5.69 Å². The van der Waals surface area contributed by atoms with E-state index in [0.29, 0.717) is 11.4 Å². The minimum atomic E-state index is 0.635. The number of fused-ring (bicyclic) bond motifs is 5. The Morgan fingerprint density at radius 1 is 1.06 bits per heavy atom. The highest BCUT2D eigenvalue weighted by Gasteiger charge is 2.13. The van der Waals surface area contributed by atoms with Gasteiger partial charge in [0.1, 0.15) is 0 Å². The molecule has 0 radical (unpaired) electrons. The Hall–Kier alpha value is -1.84. The highest BCUT2D eigenvalue weighted by atomic mass is 16.4. The molecule has 3 rings (SSSR count). The largest absolute Gasteiger partial charge is 0.416 e. The fourth-order valence-corrected chi connectivity index (χ4v) is 2.12. The van der Waals surface area contributed by atoms with Crippen LogP contribution in [0.5, 0.6) is 0 Å². The average Bonchev–Trinajstić information content (AvgIpc) is 2.91. The van der Waals surface area contributed by atoms with Gasteiger partial charge in [0.2, 0.25) is 11.4 Å². The van der Waals surface area contributed by atoms with Crippen molar-refractivity contribution in [3.63, 3.8) is 0 Å². The summed E-state index contributed by atoms with van der Waals surface area (Å²) in [5.41, 5.74) is 2.48. The van der Waals surface area contributed by atoms with E-state index in [-0.39, 0.29) is 0 Å². The number of aromatic nitrogens is 2. The topological polar surface area (TPSA) is 42.2 Å². The van der Waals surface area contributed by atoms with Crippen molar-refractivity contribution in [2.45, 2.75) is 13.8 Å². The fraction of sp³-hybridized carbons (Fsp3) is 0.333.